The standard InChI is InChI=1S/C16H18FNO2/c1-20-14-7-4-6-12(9-14)16(19)11-18-10-13-5-2-3-8-15(13)17/h2-9,16,18-19H,10-11H2,1H3. The third kappa shape index (κ3) is 3.79. The van der Waals surface area contributed by atoms with Gasteiger partial charge in [0.15, 0.2) is 0 Å². The van der Waals surface area contributed by atoms with E-state index >= 15 is 0 Å². The summed E-state index contributed by atoms with van der Waals surface area (Å²) in [6.07, 6.45) is -0.656. The lowest BCUT2D eigenvalue weighted by atomic mass is 10.1. The minimum absolute atomic E-state index is 0.240. The van der Waals surface area contributed by atoms with Crippen LogP contribution in [-0.4, -0.2) is 18.8 Å². The summed E-state index contributed by atoms with van der Waals surface area (Å²) in [6, 6.07) is 13.9. The third-order valence-corrected chi connectivity index (χ3v) is 3.09. The number of halogens is 1. The monoisotopic (exact) mass is 275 g/mol. The van der Waals surface area contributed by atoms with Gasteiger partial charge in [-0.25, -0.2) is 4.39 Å². The molecule has 106 valence electrons. The topological polar surface area (TPSA) is 41.5 Å². The van der Waals surface area contributed by atoms with E-state index in [-0.39, 0.29) is 5.82 Å². The van der Waals surface area contributed by atoms with Crippen molar-refractivity contribution in [3.05, 3.63) is 65.5 Å². The summed E-state index contributed by atoms with van der Waals surface area (Å²) in [6.45, 7) is 0.731. The molecular formula is C16H18FNO2. The largest absolute Gasteiger partial charge is 0.497 e. The Hall–Kier alpha value is -1.91. The molecule has 2 N–H and O–H groups in total. The molecule has 2 aromatic rings. The summed E-state index contributed by atoms with van der Waals surface area (Å²) < 4.78 is 18.5. The number of hydrogen-bond donors (Lipinski definition) is 2. The number of aliphatic hydroxyl groups is 1. The molecular weight excluding hydrogens is 257 g/mol. The fraction of sp³-hybridized carbons (Fsp3) is 0.250. The minimum Gasteiger partial charge on any atom is -0.497 e. The highest BCUT2D eigenvalue weighted by atomic mass is 19.1. The number of rotatable bonds is 6. The van der Waals surface area contributed by atoms with Gasteiger partial charge in [-0.1, -0.05) is 30.3 Å². The van der Waals surface area contributed by atoms with Crippen LogP contribution in [0.3, 0.4) is 0 Å². The predicted molar refractivity (Wildman–Crippen MR) is 76.1 cm³/mol. The molecule has 0 saturated heterocycles. The molecule has 2 rings (SSSR count). The van der Waals surface area contributed by atoms with Gasteiger partial charge in [-0.2, -0.15) is 0 Å². The zero-order valence-corrected chi connectivity index (χ0v) is 11.3. The van der Waals surface area contributed by atoms with Gasteiger partial charge in [0.2, 0.25) is 0 Å². The Balaban J connectivity index is 1.89. The molecule has 4 heteroatoms. The molecule has 0 radical (unpaired) electrons. The van der Waals surface area contributed by atoms with Gasteiger partial charge in [0.05, 0.1) is 13.2 Å². The highest BCUT2D eigenvalue weighted by Gasteiger charge is 2.08. The van der Waals surface area contributed by atoms with E-state index in [1.165, 1.54) is 6.07 Å². The first-order chi connectivity index (χ1) is 9.70. The Morgan fingerprint density at radius 1 is 1.20 bits per heavy atom. The molecule has 20 heavy (non-hydrogen) atoms. The lowest BCUT2D eigenvalue weighted by molar-refractivity contribution is 0.174. The van der Waals surface area contributed by atoms with E-state index in [1.807, 2.05) is 18.2 Å². The first-order valence-corrected chi connectivity index (χ1v) is 6.47. The Morgan fingerprint density at radius 3 is 2.75 bits per heavy atom. The first-order valence-electron chi connectivity index (χ1n) is 6.47. The van der Waals surface area contributed by atoms with Crippen molar-refractivity contribution in [1.29, 1.82) is 0 Å². The Kier molecular flexibility index (Phi) is 5.09. The van der Waals surface area contributed by atoms with Gasteiger partial charge in [-0.05, 0) is 23.8 Å². The van der Waals surface area contributed by atoms with Gasteiger partial charge in [-0.15, -0.1) is 0 Å². The Morgan fingerprint density at radius 2 is 2.00 bits per heavy atom. The molecule has 2 aromatic carbocycles. The van der Waals surface area contributed by atoms with Crippen LogP contribution in [0, 0.1) is 5.82 Å². The van der Waals surface area contributed by atoms with Crippen LogP contribution in [-0.2, 0) is 6.54 Å². The van der Waals surface area contributed by atoms with Crippen LogP contribution in [0.15, 0.2) is 48.5 Å². The van der Waals surface area contributed by atoms with Crippen molar-refractivity contribution in [3.63, 3.8) is 0 Å². The maximum atomic E-state index is 13.4. The molecule has 1 unspecified atom stereocenters. The second kappa shape index (κ2) is 7.03. The zero-order chi connectivity index (χ0) is 14.4. The van der Waals surface area contributed by atoms with E-state index in [1.54, 1.807) is 31.4 Å². The molecule has 0 aromatic heterocycles. The summed E-state index contributed by atoms with van der Waals surface area (Å²) in [5, 5.41) is 13.1. The van der Waals surface area contributed by atoms with Crippen LogP contribution >= 0.6 is 0 Å². The summed E-state index contributed by atoms with van der Waals surface area (Å²) in [4.78, 5) is 0. The number of aliphatic hydroxyl groups excluding tert-OH is 1. The van der Waals surface area contributed by atoms with Gasteiger partial charge in [-0.3, -0.25) is 0 Å². The van der Waals surface area contributed by atoms with Gasteiger partial charge in [0.25, 0.3) is 0 Å². The van der Waals surface area contributed by atoms with Crippen molar-refractivity contribution in [2.24, 2.45) is 0 Å². The van der Waals surface area contributed by atoms with Gasteiger partial charge in [0, 0.05) is 18.7 Å². The first kappa shape index (κ1) is 14.5. The van der Waals surface area contributed by atoms with Crippen LogP contribution < -0.4 is 10.1 Å². The van der Waals surface area contributed by atoms with E-state index in [4.69, 9.17) is 4.74 Å². The number of ether oxygens (including phenoxy) is 1. The van der Waals surface area contributed by atoms with Crippen LogP contribution in [0.25, 0.3) is 0 Å². The minimum atomic E-state index is -0.656. The van der Waals surface area contributed by atoms with Crippen LogP contribution in [0.4, 0.5) is 4.39 Å². The van der Waals surface area contributed by atoms with Gasteiger partial charge >= 0.3 is 0 Å². The Bertz CT molecular complexity index is 560. The SMILES string of the molecule is COc1cccc(C(O)CNCc2ccccc2F)c1. The van der Waals surface area contributed by atoms with E-state index in [9.17, 15) is 9.50 Å². The summed E-state index contributed by atoms with van der Waals surface area (Å²) in [5.41, 5.74) is 1.36. The fourth-order valence-electron chi connectivity index (χ4n) is 1.95. The normalized spacial score (nSPS) is 12.2. The smallest absolute Gasteiger partial charge is 0.127 e. The van der Waals surface area contributed by atoms with Crippen LogP contribution in [0.1, 0.15) is 17.2 Å². The van der Waals surface area contributed by atoms with E-state index < -0.39 is 6.10 Å². The number of methoxy groups -OCH3 is 1. The molecule has 0 amide bonds. The average molecular weight is 275 g/mol. The van der Waals surface area contributed by atoms with Crippen molar-refractivity contribution >= 4 is 0 Å². The van der Waals surface area contributed by atoms with Gasteiger partial charge < -0.3 is 15.2 Å². The van der Waals surface area contributed by atoms with Crippen molar-refractivity contribution < 1.29 is 14.2 Å². The summed E-state index contributed by atoms with van der Waals surface area (Å²) in [5.74, 6) is 0.464. The van der Waals surface area contributed by atoms with E-state index in [0.29, 0.717) is 24.4 Å². The zero-order valence-electron chi connectivity index (χ0n) is 11.3. The molecule has 0 heterocycles. The van der Waals surface area contributed by atoms with Crippen molar-refractivity contribution in [1.82, 2.24) is 5.32 Å². The fourth-order valence-corrected chi connectivity index (χ4v) is 1.95. The molecule has 0 saturated carbocycles. The second-order valence-electron chi connectivity index (χ2n) is 4.51. The summed E-state index contributed by atoms with van der Waals surface area (Å²) >= 11 is 0. The van der Waals surface area contributed by atoms with Crippen LogP contribution in [0.2, 0.25) is 0 Å². The highest BCUT2D eigenvalue weighted by Crippen LogP contribution is 2.18. The number of nitrogens with one attached hydrogen (secondary N) is 1. The number of benzene rings is 2. The molecule has 0 spiro atoms. The molecule has 0 aliphatic rings. The second-order valence-corrected chi connectivity index (χ2v) is 4.51. The van der Waals surface area contributed by atoms with Crippen LogP contribution in [0.5, 0.6) is 5.75 Å². The van der Waals surface area contributed by atoms with Crippen molar-refractivity contribution in [2.75, 3.05) is 13.7 Å². The molecule has 0 aliphatic heterocycles. The predicted octanol–water partition coefficient (Wildman–Crippen LogP) is 2.66. The highest BCUT2D eigenvalue weighted by molar-refractivity contribution is 5.30. The molecule has 0 fully saturated rings. The maximum absolute atomic E-state index is 13.4. The van der Waals surface area contributed by atoms with Crippen molar-refractivity contribution in [2.45, 2.75) is 12.6 Å². The molecule has 3 nitrogen and oxygen atoms in total. The lowest BCUT2D eigenvalue weighted by Crippen LogP contribution is -2.21. The van der Waals surface area contributed by atoms with Gasteiger partial charge in [0.1, 0.15) is 11.6 Å². The number of hydrogen-bond acceptors (Lipinski definition) is 3. The van der Waals surface area contributed by atoms with Crippen molar-refractivity contribution in [3.8, 4) is 5.75 Å². The van der Waals surface area contributed by atoms with E-state index in [2.05, 4.69) is 5.32 Å². The van der Waals surface area contributed by atoms with E-state index in [0.717, 1.165) is 5.56 Å². The lowest BCUT2D eigenvalue weighted by Gasteiger charge is -2.13. The maximum Gasteiger partial charge on any atom is 0.127 e. The average Bonchev–Trinajstić information content (AvgIpc) is 2.49. The third-order valence-electron chi connectivity index (χ3n) is 3.09. The Labute approximate surface area is 118 Å². The molecule has 0 aliphatic carbocycles. The molecule has 0 bridgehead atoms. The molecule has 1 atom stereocenters. The summed E-state index contributed by atoms with van der Waals surface area (Å²) in [7, 11) is 1.59. The quantitative estimate of drug-likeness (QED) is 0.851.